The molecule has 2 heterocycles. The number of ether oxygens (including phenoxy) is 2. The zero-order chi connectivity index (χ0) is 19.3. The van der Waals surface area contributed by atoms with E-state index in [1.807, 2.05) is 25.6 Å². The molecule has 0 spiro atoms. The standard InChI is InChI=1S/C18H31BFN2O4/c1-18(2,7-8-19-3)26-17(24)21-9-5-14(6-10-21)22-12-13(20)11-15(22)16(23)25-4/h13-15H,5-12H2,1-4H3/t13-,15-/m1/s1. The van der Waals surface area contributed by atoms with Crippen molar-refractivity contribution in [2.45, 2.75) is 76.5 Å². The quantitative estimate of drug-likeness (QED) is 0.532. The van der Waals surface area contributed by atoms with Gasteiger partial charge in [-0.25, -0.2) is 9.18 Å². The van der Waals surface area contributed by atoms with Crippen molar-refractivity contribution < 1.29 is 23.5 Å². The van der Waals surface area contributed by atoms with E-state index in [1.165, 1.54) is 7.11 Å². The number of nitrogens with zero attached hydrogens (tertiary/aromatic N) is 2. The number of methoxy groups -OCH3 is 1. The number of hydrogen-bond acceptors (Lipinski definition) is 5. The molecule has 0 aromatic carbocycles. The van der Waals surface area contributed by atoms with E-state index < -0.39 is 17.8 Å². The lowest BCUT2D eigenvalue weighted by Gasteiger charge is -2.39. The fourth-order valence-electron chi connectivity index (χ4n) is 3.80. The number of likely N-dealkylation sites (tertiary alicyclic amines) is 2. The molecule has 2 rings (SSSR count). The summed E-state index contributed by atoms with van der Waals surface area (Å²) in [4.78, 5) is 28.0. The molecule has 0 saturated carbocycles. The Morgan fingerprint density at radius 2 is 1.92 bits per heavy atom. The van der Waals surface area contributed by atoms with Gasteiger partial charge in [0.2, 0.25) is 0 Å². The number of piperidine rings is 1. The van der Waals surface area contributed by atoms with Gasteiger partial charge < -0.3 is 14.4 Å². The maximum atomic E-state index is 13.8. The molecule has 0 aliphatic carbocycles. The van der Waals surface area contributed by atoms with Crippen molar-refractivity contribution in [1.82, 2.24) is 9.80 Å². The number of carbonyl (C=O) groups is 2. The second-order valence-corrected chi connectivity index (χ2v) is 7.86. The van der Waals surface area contributed by atoms with Crippen molar-refractivity contribution >= 4 is 19.3 Å². The molecular weight excluding hydrogens is 338 g/mol. The van der Waals surface area contributed by atoms with Crippen LogP contribution in [0.25, 0.3) is 0 Å². The van der Waals surface area contributed by atoms with Crippen LogP contribution in [0.5, 0.6) is 0 Å². The average Bonchev–Trinajstić information content (AvgIpc) is 3.01. The summed E-state index contributed by atoms with van der Waals surface area (Å²) in [5, 5.41) is 0. The summed E-state index contributed by atoms with van der Waals surface area (Å²) in [5.74, 6) is -0.374. The SMILES string of the molecule is C[B]CCC(C)(C)OC(=O)N1CCC(N2C[C@H](F)C[C@@H]2C(=O)OC)CC1. The van der Waals surface area contributed by atoms with Gasteiger partial charge in [0.1, 0.15) is 25.1 Å². The highest BCUT2D eigenvalue weighted by molar-refractivity contribution is 6.33. The lowest BCUT2D eigenvalue weighted by molar-refractivity contribution is -0.147. The second-order valence-electron chi connectivity index (χ2n) is 7.86. The average molecular weight is 369 g/mol. The summed E-state index contributed by atoms with van der Waals surface area (Å²) < 4.78 is 24.3. The molecule has 0 N–H and O–H groups in total. The van der Waals surface area contributed by atoms with Crippen LogP contribution < -0.4 is 0 Å². The normalized spacial score (nSPS) is 25.2. The zero-order valence-corrected chi connectivity index (χ0v) is 16.4. The fourth-order valence-corrected chi connectivity index (χ4v) is 3.80. The highest BCUT2D eigenvalue weighted by Gasteiger charge is 2.42. The Balaban J connectivity index is 1.86. The summed E-state index contributed by atoms with van der Waals surface area (Å²) in [7, 11) is 3.40. The van der Waals surface area contributed by atoms with Gasteiger partial charge in [-0.05, 0) is 33.1 Å². The van der Waals surface area contributed by atoms with Crippen molar-refractivity contribution in [3.05, 3.63) is 0 Å². The first-order valence-electron chi connectivity index (χ1n) is 9.50. The molecule has 0 aromatic heterocycles. The maximum Gasteiger partial charge on any atom is 0.410 e. The summed E-state index contributed by atoms with van der Waals surface area (Å²) in [5.41, 5.74) is -0.493. The van der Waals surface area contributed by atoms with Gasteiger partial charge in [-0.1, -0.05) is 13.1 Å². The van der Waals surface area contributed by atoms with E-state index in [4.69, 9.17) is 9.47 Å². The Hall–Kier alpha value is -1.31. The van der Waals surface area contributed by atoms with Crippen LogP contribution in [0.3, 0.4) is 0 Å². The number of hydrogen-bond donors (Lipinski definition) is 0. The van der Waals surface area contributed by atoms with Gasteiger partial charge >= 0.3 is 12.1 Å². The summed E-state index contributed by atoms with van der Waals surface area (Å²) in [6, 6.07) is -0.422. The van der Waals surface area contributed by atoms with E-state index in [2.05, 4.69) is 7.28 Å². The third-order valence-corrected chi connectivity index (χ3v) is 5.35. The van der Waals surface area contributed by atoms with Crippen LogP contribution in [0.15, 0.2) is 0 Å². The largest absolute Gasteiger partial charge is 0.468 e. The van der Waals surface area contributed by atoms with Gasteiger partial charge in [0.25, 0.3) is 0 Å². The van der Waals surface area contributed by atoms with Crippen molar-refractivity contribution in [1.29, 1.82) is 0 Å². The summed E-state index contributed by atoms with van der Waals surface area (Å²) >= 11 is 0. The molecule has 2 saturated heterocycles. The van der Waals surface area contributed by atoms with Gasteiger partial charge in [-0.15, -0.1) is 0 Å². The van der Waals surface area contributed by atoms with Gasteiger partial charge in [-0.2, -0.15) is 0 Å². The number of esters is 1. The predicted octanol–water partition coefficient (Wildman–Crippen LogP) is 2.51. The molecule has 0 unspecified atom stereocenters. The molecule has 2 aliphatic heterocycles. The number of carbonyl (C=O) groups excluding carboxylic acids is 2. The highest BCUT2D eigenvalue weighted by atomic mass is 19.1. The van der Waals surface area contributed by atoms with Gasteiger partial charge in [0.15, 0.2) is 0 Å². The number of amides is 1. The molecule has 0 aromatic rings. The Morgan fingerprint density at radius 3 is 2.50 bits per heavy atom. The molecular formula is C18H31BFN2O4. The zero-order valence-electron chi connectivity index (χ0n) is 16.4. The molecule has 0 bridgehead atoms. The van der Waals surface area contributed by atoms with E-state index in [0.29, 0.717) is 25.9 Å². The topological polar surface area (TPSA) is 59.1 Å². The Bertz CT molecular complexity index is 498. The van der Waals surface area contributed by atoms with Gasteiger partial charge in [0.05, 0.1) is 7.11 Å². The third-order valence-electron chi connectivity index (χ3n) is 5.35. The molecule has 1 radical (unpaired) electrons. The van der Waals surface area contributed by atoms with E-state index in [0.717, 1.165) is 12.7 Å². The molecule has 147 valence electrons. The van der Waals surface area contributed by atoms with Crippen molar-refractivity contribution in [3.63, 3.8) is 0 Å². The Kier molecular flexibility index (Phi) is 7.32. The monoisotopic (exact) mass is 369 g/mol. The lowest BCUT2D eigenvalue weighted by atomic mass is 9.74. The lowest BCUT2D eigenvalue weighted by Crippen LogP contribution is -2.51. The molecule has 8 heteroatoms. The van der Waals surface area contributed by atoms with Crippen molar-refractivity contribution in [2.75, 3.05) is 26.7 Å². The number of halogens is 1. The van der Waals surface area contributed by atoms with Crippen LogP contribution in [-0.2, 0) is 14.3 Å². The molecule has 26 heavy (non-hydrogen) atoms. The van der Waals surface area contributed by atoms with Crippen LogP contribution in [0, 0.1) is 0 Å². The fraction of sp³-hybridized carbons (Fsp3) is 0.889. The van der Waals surface area contributed by atoms with E-state index >= 15 is 0 Å². The van der Waals surface area contributed by atoms with E-state index in [1.54, 1.807) is 4.90 Å². The van der Waals surface area contributed by atoms with E-state index in [9.17, 15) is 14.0 Å². The molecule has 2 aliphatic rings. The summed E-state index contributed by atoms with van der Waals surface area (Å²) in [6.07, 6.45) is 2.00. The minimum Gasteiger partial charge on any atom is -0.468 e. The van der Waals surface area contributed by atoms with Crippen LogP contribution >= 0.6 is 0 Å². The molecule has 1 amide bonds. The highest BCUT2D eigenvalue weighted by Crippen LogP contribution is 2.29. The molecule has 2 fully saturated rings. The Morgan fingerprint density at radius 1 is 1.27 bits per heavy atom. The molecule has 6 nitrogen and oxygen atoms in total. The van der Waals surface area contributed by atoms with Crippen LogP contribution in [0.4, 0.5) is 9.18 Å². The molecule has 2 atom stereocenters. The van der Waals surface area contributed by atoms with Crippen LogP contribution in [0.2, 0.25) is 13.1 Å². The van der Waals surface area contributed by atoms with Crippen molar-refractivity contribution in [2.24, 2.45) is 0 Å². The smallest absolute Gasteiger partial charge is 0.410 e. The first-order valence-corrected chi connectivity index (χ1v) is 9.50. The van der Waals surface area contributed by atoms with E-state index in [-0.39, 0.29) is 31.1 Å². The third kappa shape index (κ3) is 5.35. The number of rotatable bonds is 6. The maximum absolute atomic E-state index is 13.8. The first kappa shape index (κ1) is 21.0. The number of alkyl halides is 1. The second kappa shape index (κ2) is 9.06. The minimum atomic E-state index is -1.00. The summed E-state index contributed by atoms with van der Waals surface area (Å²) in [6.45, 7) is 7.21. The minimum absolute atomic E-state index is 0.0894. The first-order chi connectivity index (χ1) is 12.3. The van der Waals surface area contributed by atoms with Crippen LogP contribution in [0.1, 0.15) is 39.5 Å². The van der Waals surface area contributed by atoms with Gasteiger partial charge in [0, 0.05) is 32.1 Å². The van der Waals surface area contributed by atoms with Gasteiger partial charge in [-0.3, -0.25) is 9.69 Å². The van der Waals surface area contributed by atoms with Crippen molar-refractivity contribution in [3.8, 4) is 0 Å². The predicted molar refractivity (Wildman–Crippen MR) is 98.2 cm³/mol. The van der Waals surface area contributed by atoms with Crippen LogP contribution in [-0.4, -0.2) is 79.7 Å². The Labute approximate surface area is 156 Å².